The van der Waals surface area contributed by atoms with E-state index in [9.17, 15) is 13.2 Å². The molecule has 0 bridgehead atoms. The molecule has 0 radical (unpaired) electrons. The Morgan fingerprint density at radius 2 is 1.68 bits per heavy atom. The Morgan fingerprint density at radius 1 is 1.04 bits per heavy atom. The quantitative estimate of drug-likeness (QED) is 0.665. The summed E-state index contributed by atoms with van der Waals surface area (Å²) in [5.74, 6) is 0.572. The zero-order chi connectivity index (χ0) is 20.7. The van der Waals surface area contributed by atoms with E-state index in [1.165, 1.54) is 32.4 Å². The number of hydrogen-bond donors (Lipinski definition) is 2. The lowest BCUT2D eigenvalue weighted by Crippen LogP contribution is -2.32. The van der Waals surface area contributed by atoms with E-state index >= 15 is 0 Å². The number of ether oxygens (including phenoxy) is 2. The predicted molar refractivity (Wildman–Crippen MR) is 109 cm³/mol. The van der Waals surface area contributed by atoms with E-state index in [0.29, 0.717) is 22.7 Å². The highest BCUT2D eigenvalue weighted by Gasteiger charge is 2.17. The maximum atomic E-state index is 12.6. The van der Waals surface area contributed by atoms with Gasteiger partial charge in [0.15, 0.2) is 11.5 Å². The second-order valence-corrected chi connectivity index (χ2v) is 8.05. The van der Waals surface area contributed by atoms with E-state index in [4.69, 9.17) is 9.47 Å². The number of benzene rings is 2. The number of carbonyl (C=O) groups excluding carboxylic acids is 1. The lowest BCUT2D eigenvalue weighted by Gasteiger charge is -2.14. The average molecular weight is 407 g/mol. The molecule has 152 valence electrons. The molecule has 0 aliphatic heterocycles. The van der Waals surface area contributed by atoms with Gasteiger partial charge in [-0.15, -0.1) is 0 Å². The van der Waals surface area contributed by atoms with Crippen LogP contribution in [0.3, 0.4) is 0 Å². The summed E-state index contributed by atoms with van der Waals surface area (Å²) >= 11 is 0. The molecule has 0 heterocycles. The number of methoxy groups -OCH3 is 2. The van der Waals surface area contributed by atoms with Gasteiger partial charge in [0.05, 0.1) is 19.1 Å². The van der Waals surface area contributed by atoms with Gasteiger partial charge in [-0.1, -0.05) is 13.3 Å². The molecule has 0 aliphatic carbocycles. The van der Waals surface area contributed by atoms with E-state index in [0.717, 1.165) is 12.8 Å². The van der Waals surface area contributed by atoms with E-state index in [1.54, 1.807) is 24.3 Å². The Hall–Kier alpha value is -2.74. The van der Waals surface area contributed by atoms with Gasteiger partial charge in [-0.3, -0.25) is 9.52 Å². The number of rotatable bonds is 9. The molecule has 1 atom stereocenters. The number of anilines is 1. The van der Waals surface area contributed by atoms with Crippen LogP contribution in [0.25, 0.3) is 0 Å². The van der Waals surface area contributed by atoms with Crippen LogP contribution in [0.1, 0.15) is 37.0 Å². The minimum Gasteiger partial charge on any atom is -0.493 e. The number of carbonyl (C=O) groups is 1. The zero-order valence-corrected chi connectivity index (χ0v) is 17.3. The van der Waals surface area contributed by atoms with Gasteiger partial charge < -0.3 is 14.8 Å². The fourth-order valence-corrected chi connectivity index (χ4v) is 3.77. The molecule has 0 fully saturated rings. The normalized spacial score (nSPS) is 12.1. The van der Waals surface area contributed by atoms with Crippen molar-refractivity contribution in [3.05, 3.63) is 48.0 Å². The van der Waals surface area contributed by atoms with Crippen LogP contribution in [0.15, 0.2) is 47.4 Å². The third-order valence-corrected chi connectivity index (χ3v) is 5.54. The maximum Gasteiger partial charge on any atom is 0.262 e. The summed E-state index contributed by atoms with van der Waals surface area (Å²) in [6, 6.07) is 10.7. The van der Waals surface area contributed by atoms with Crippen LogP contribution in [0, 0.1) is 0 Å². The smallest absolute Gasteiger partial charge is 0.262 e. The summed E-state index contributed by atoms with van der Waals surface area (Å²) in [6.45, 7) is 4.01. The van der Waals surface area contributed by atoms with Gasteiger partial charge in [0.25, 0.3) is 15.9 Å². The van der Waals surface area contributed by atoms with E-state index in [2.05, 4.69) is 17.0 Å². The molecular weight excluding hydrogens is 380 g/mol. The highest BCUT2D eigenvalue weighted by Crippen LogP contribution is 2.30. The summed E-state index contributed by atoms with van der Waals surface area (Å²) in [7, 11) is -0.902. The van der Waals surface area contributed by atoms with Gasteiger partial charge in [0, 0.05) is 23.4 Å². The SMILES string of the molecule is CCC[C@H](C)NC(=O)c1ccc(NS(=O)(=O)c2ccc(OC)c(OC)c2)cc1. The molecule has 0 saturated heterocycles. The first-order valence-electron chi connectivity index (χ1n) is 8.96. The third-order valence-electron chi connectivity index (χ3n) is 4.16. The lowest BCUT2D eigenvalue weighted by molar-refractivity contribution is 0.0938. The third kappa shape index (κ3) is 5.39. The summed E-state index contributed by atoms with van der Waals surface area (Å²) in [6.07, 6.45) is 1.88. The molecule has 1 amide bonds. The average Bonchev–Trinajstić information content (AvgIpc) is 2.67. The Balaban J connectivity index is 2.13. The van der Waals surface area contributed by atoms with Crippen molar-refractivity contribution in [2.45, 2.75) is 37.6 Å². The molecule has 2 aromatic rings. The number of hydrogen-bond acceptors (Lipinski definition) is 5. The van der Waals surface area contributed by atoms with Crippen LogP contribution in [0.4, 0.5) is 5.69 Å². The molecule has 7 nitrogen and oxygen atoms in total. The Labute approximate surface area is 166 Å². The second-order valence-electron chi connectivity index (χ2n) is 6.36. The largest absolute Gasteiger partial charge is 0.493 e. The monoisotopic (exact) mass is 406 g/mol. The summed E-state index contributed by atoms with van der Waals surface area (Å²) in [5.41, 5.74) is 0.824. The molecule has 0 spiro atoms. The van der Waals surface area contributed by atoms with Crippen molar-refractivity contribution in [2.75, 3.05) is 18.9 Å². The zero-order valence-electron chi connectivity index (χ0n) is 16.5. The van der Waals surface area contributed by atoms with Gasteiger partial charge in [0.1, 0.15) is 0 Å². The molecule has 0 aliphatic rings. The van der Waals surface area contributed by atoms with Crippen LogP contribution in [-0.4, -0.2) is 34.6 Å². The molecule has 28 heavy (non-hydrogen) atoms. The molecular formula is C20H26N2O5S. The highest BCUT2D eigenvalue weighted by atomic mass is 32.2. The van der Waals surface area contributed by atoms with Crippen LogP contribution in [0.5, 0.6) is 11.5 Å². The van der Waals surface area contributed by atoms with Gasteiger partial charge in [-0.2, -0.15) is 0 Å². The van der Waals surface area contributed by atoms with Crippen molar-refractivity contribution in [2.24, 2.45) is 0 Å². The standard InChI is InChI=1S/C20H26N2O5S/c1-5-6-14(2)21-20(23)15-7-9-16(10-8-15)22-28(24,25)17-11-12-18(26-3)19(13-17)27-4/h7-14,22H,5-6H2,1-4H3,(H,21,23)/t14-/m0/s1. The second kappa shape index (κ2) is 9.45. The molecule has 2 rings (SSSR count). The number of amides is 1. The van der Waals surface area contributed by atoms with Crippen LogP contribution in [0.2, 0.25) is 0 Å². The minimum atomic E-state index is -3.82. The van der Waals surface area contributed by atoms with Gasteiger partial charge in [-0.25, -0.2) is 8.42 Å². The van der Waals surface area contributed by atoms with E-state index < -0.39 is 10.0 Å². The summed E-state index contributed by atoms with van der Waals surface area (Å²) in [4.78, 5) is 12.2. The van der Waals surface area contributed by atoms with Crippen molar-refractivity contribution in [3.63, 3.8) is 0 Å². The first-order chi connectivity index (χ1) is 13.3. The highest BCUT2D eigenvalue weighted by molar-refractivity contribution is 7.92. The molecule has 0 aromatic heterocycles. The minimum absolute atomic E-state index is 0.0420. The number of sulfonamides is 1. The Morgan fingerprint density at radius 3 is 2.25 bits per heavy atom. The van der Waals surface area contributed by atoms with E-state index in [1.807, 2.05) is 6.92 Å². The van der Waals surface area contributed by atoms with Crippen molar-refractivity contribution in [1.82, 2.24) is 5.32 Å². The number of nitrogens with one attached hydrogen (secondary N) is 2. The van der Waals surface area contributed by atoms with Crippen LogP contribution < -0.4 is 19.5 Å². The molecule has 2 aromatic carbocycles. The predicted octanol–water partition coefficient (Wildman–Crippen LogP) is 3.42. The first kappa shape index (κ1) is 21.6. The molecule has 0 saturated carbocycles. The lowest BCUT2D eigenvalue weighted by atomic mass is 10.1. The van der Waals surface area contributed by atoms with Gasteiger partial charge >= 0.3 is 0 Å². The molecule has 8 heteroatoms. The molecule has 0 unspecified atom stereocenters. The molecule has 2 N–H and O–H groups in total. The van der Waals surface area contributed by atoms with Gasteiger partial charge in [0.2, 0.25) is 0 Å². The maximum absolute atomic E-state index is 12.6. The van der Waals surface area contributed by atoms with Crippen molar-refractivity contribution >= 4 is 21.6 Å². The topological polar surface area (TPSA) is 93.7 Å². The van der Waals surface area contributed by atoms with E-state index in [-0.39, 0.29) is 16.8 Å². The van der Waals surface area contributed by atoms with Crippen molar-refractivity contribution in [1.29, 1.82) is 0 Å². The fraction of sp³-hybridized carbons (Fsp3) is 0.350. The summed E-state index contributed by atoms with van der Waals surface area (Å²) < 4.78 is 38.0. The van der Waals surface area contributed by atoms with Crippen LogP contribution in [-0.2, 0) is 10.0 Å². The van der Waals surface area contributed by atoms with Crippen molar-refractivity contribution in [3.8, 4) is 11.5 Å². The Kier molecular flexibility index (Phi) is 7.28. The van der Waals surface area contributed by atoms with Gasteiger partial charge in [-0.05, 0) is 49.7 Å². The summed E-state index contributed by atoms with van der Waals surface area (Å²) in [5, 5.41) is 2.91. The van der Waals surface area contributed by atoms with Crippen molar-refractivity contribution < 1.29 is 22.7 Å². The first-order valence-corrected chi connectivity index (χ1v) is 10.4. The van der Waals surface area contributed by atoms with Crippen LogP contribution >= 0.6 is 0 Å². The fourth-order valence-electron chi connectivity index (χ4n) is 2.70. The Bertz CT molecular complexity index is 911.